The Labute approximate surface area is 202 Å². The molecule has 4 rings (SSSR count). The summed E-state index contributed by atoms with van der Waals surface area (Å²) in [6.45, 7) is 11.2. The van der Waals surface area contributed by atoms with Gasteiger partial charge in [-0.15, -0.1) is 0 Å². The molecule has 0 aromatic heterocycles. The number of hydrogen-bond donors (Lipinski definition) is 0. The average molecular weight is 453 g/mol. The molecule has 2 aromatic carbocycles. The van der Waals surface area contributed by atoms with Gasteiger partial charge in [-0.25, -0.2) is 4.39 Å². The number of benzene rings is 2. The molecule has 1 atom stereocenters. The lowest BCUT2D eigenvalue weighted by atomic mass is 9.80. The Bertz CT molecular complexity index is 806. The Balaban J connectivity index is 0.000000200. The van der Waals surface area contributed by atoms with Gasteiger partial charge in [0.05, 0.1) is 0 Å². The van der Waals surface area contributed by atoms with Crippen molar-refractivity contribution in [2.45, 2.75) is 98.1 Å². The summed E-state index contributed by atoms with van der Waals surface area (Å²) < 4.78 is 13.7. The number of rotatable bonds is 5. The topological polar surface area (TPSA) is 17.1 Å². The van der Waals surface area contributed by atoms with Crippen LogP contribution in [-0.2, 0) is 6.42 Å². The normalized spacial score (nSPS) is 21.1. The number of carbonyl (C=O) groups is 1. The van der Waals surface area contributed by atoms with Crippen molar-refractivity contribution in [3.63, 3.8) is 0 Å². The number of halogens is 1. The first kappa shape index (κ1) is 27.3. The van der Waals surface area contributed by atoms with Gasteiger partial charge in [-0.2, -0.15) is 0 Å². The maximum Gasteiger partial charge on any atom is 0.159 e. The monoisotopic (exact) mass is 452 g/mol. The van der Waals surface area contributed by atoms with Crippen LogP contribution in [0.2, 0.25) is 0 Å². The van der Waals surface area contributed by atoms with E-state index in [9.17, 15) is 9.18 Å². The lowest BCUT2D eigenvalue weighted by molar-refractivity contribution is 0.101. The van der Waals surface area contributed by atoms with Crippen molar-refractivity contribution < 1.29 is 9.18 Å². The molecule has 0 saturated heterocycles. The molecule has 0 bridgehead atoms. The second-order valence-corrected chi connectivity index (χ2v) is 11.0. The minimum Gasteiger partial charge on any atom is -0.295 e. The van der Waals surface area contributed by atoms with E-state index in [1.165, 1.54) is 57.4 Å². The fourth-order valence-corrected chi connectivity index (χ4v) is 4.05. The van der Waals surface area contributed by atoms with Gasteiger partial charge in [0.15, 0.2) is 5.78 Å². The van der Waals surface area contributed by atoms with Gasteiger partial charge in [0.2, 0.25) is 0 Å². The zero-order valence-corrected chi connectivity index (χ0v) is 21.7. The summed E-state index contributed by atoms with van der Waals surface area (Å²) in [6.07, 6.45) is 10.0. The van der Waals surface area contributed by atoms with Crippen LogP contribution in [-0.4, -0.2) is 11.5 Å². The molecule has 2 fully saturated rings. The van der Waals surface area contributed by atoms with E-state index in [0.29, 0.717) is 5.56 Å². The van der Waals surface area contributed by atoms with Crippen molar-refractivity contribution >= 4 is 5.78 Å². The molecule has 2 aromatic rings. The first-order valence-corrected chi connectivity index (χ1v) is 12.9. The first-order chi connectivity index (χ1) is 15.6. The number of alkyl halides is 1. The van der Waals surface area contributed by atoms with E-state index >= 15 is 0 Å². The molecule has 1 nitrogen and oxygen atoms in total. The smallest absolute Gasteiger partial charge is 0.159 e. The van der Waals surface area contributed by atoms with Crippen LogP contribution in [0.25, 0.3) is 0 Å². The van der Waals surface area contributed by atoms with Gasteiger partial charge in [0, 0.05) is 11.5 Å². The molecule has 2 saturated carbocycles. The molecule has 0 radical (unpaired) electrons. The zero-order chi connectivity index (χ0) is 24.4. The molecular formula is C31H45FO. The molecule has 2 aliphatic carbocycles. The lowest BCUT2D eigenvalue weighted by Gasteiger charge is -2.26. The minimum atomic E-state index is -1.24. The van der Waals surface area contributed by atoms with Gasteiger partial charge in [-0.1, -0.05) is 101 Å². The summed E-state index contributed by atoms with van der Waals surface area (Å²) in [4.78, 5) is 11.0. The maximum absolute atomic E-state index is 13.7. The first-order valence-electron chi connectivity index (χ1n) is 12.9. The van der Waals surface area contributed by atoms with E-state index < -0.39 is 5.67 Å². The molecule has 0 heterocycles. The third kappa shape index (κ3) is 10.7. The standard InChI is InChI=1S/C14H20.C13H17FO.C4H8/c1-12-7-9-14(10-8-12)11-13-5-3-2-4-6-13;1-9(13(3,4)14)11-5-7-12(8-6-11)10(2)15;1-4-2-3-4/h2-6,12,14H,7-11H2,1H3;5-9H,1-4H3;4H,2-3H2,1H3. The molecule has 0 N–H and O–H groups in total. The van der Waals surface area contributed by atoms with Crippen LogP contribution in [0.1, 0.15) is 107 Å². The molecule has 2 aliphatic rings. The predicted molar refractivity (Wildman–Crippen MR) is 140 cm³/mol. The summed E-state index contributed by atoms with van der Waals surface area (Å²) in [5, 5.41) is 0. The molecule has 0 spiro atoms. The highest BCUT2D eigenvalue weighted by Gasteiger charge is 2.26. The van der Waals surface area contributed by atoms with Crippen molar-refractivity contribution in [2.75, 3.05) is 0 Å². The third-order valence-corrected chi connectivity index (χ3v) is 7.22. The lowest BCUT2D eigenvalue weighted by Crippen LogP contribution is -2.21. The van der Waals surface area contributed by atoms with Gasteiger partial charge in [0.1, 0.15) is 5.67 Å². The molecule has 182 valence electrons. The summed E-state index contributed by atoms with van der Waals surface area (Å²) in [7, 11) is 0. The van der Waals surface area contributed by atoms with Crippen LogP contribution in [0.3, 0.4) is 0 Å². The van der Waals surface area contributed by atoms with Crippen molar-refractivity contribution in [2.24, 2.45) is 17.8 Å². The number of ketones is 1. The van der Waals surface area contributed by atoms with Crippen molar-refractivity contribution in [3.05, 3.63) is 71.3 Å². The van der Waals surface area contributed by atoms with Gasteiger partial charge in [0.25, 0.3) is 0 Å². The van der Waals surface area contributed by atoms with Crippen LogP contribution < -0.4 is 0 Å². The fourth-order valence-electron chi connectivity index (χ4n) is 4.05. The van der Waals surface area contributed by atoms with Crippen molar-refractivity contribution in [1.29, 1.82) is 0 Å². The molecule has 0 aliphatic heterocycles. The van der Waals surface area contributed by atoms with E-state index in [1.54, 1.807) is 26.0 Å². The van der Waals surface area contributed by atoms with E-state index in [1.807, 2.05) is 19.1 Å². The Morgan fingerprint density at radius 2 is 1.36 bits per heavy atom. The summed E-state index contributed by atoms with van der Waals surface area (Å²) in [5.74, 6) is 2.88. The quantitative estimate of drug-likeness (QED) is 0.413. The zero-order valence-electron chi connectivity index (χ0n) is 21.7. The highest BCUT2D eigenvalue weighted by atomic mass is 19.1. The molecular weight excluding hydrogens is 407 g/mol. The van der Waals surface area contributed by atoms with Crippen molar-refractivity contribution in [1.82, 2.24) is 0 Å². The molecule has 1 unspecified atom stereocenters. The van der Waals surface area contributed by atoms with E-state index in [0.717, 1.165) is 23.3 Å². The number of Topliss-reactive ketones (excluding diaryl/α,β-unsaturated/α-hetero) is 1. The predicted octanol–water partition coefficient (Wildman–Crippen LogP) is 9.21. The average Bonchev–Trinajstić information content (AvgIpc) is 3.58. The molecule has 2 heteroatoms. The van der Waals surface area contributed by atoms with E-state index in [4.69, 9.17) is 0 Å². The third-order valence-electron chi connectivity index (χ3n) is 7.22. The summed E-state index contributed by atoms with van der Waals surface area (Å²) >= 11 is 0. The highest BCUT2D eigenvalue weighted by Crippen LogP contribution is 2.31. The summed E-state index contributed by atoms with van der Waals surface area (Å²) in [5.41, 5.74) is 1.87. The van der Waals surface area contributed by atoms with Gasteiger partial charge in [-0.3, -0.25) is 4.79 Å². The van der Waals surface area contributed by atoms with Gasteiger partial charge in [-0.05, 0) is 68.9 Å². The Morgan fingerprint density at radius 1 is 0.879 bits per heavy atom. The minimum absolute atomic E-state index is 0.0358. The number of carbonyl (C=O) groups excluding carboxylic acids is 1. The van der Waals surface area contributed by atoms with E-state index in [2.05, 4.69) is 44.2 Å². The van der Waals surface area contributed by atoms with Crippen molar-refractivity contribution in [3.8, 4) is 0 Å². The Hall–Kier alpha value is -1.96. The van der Waals surface area contributed by atoms with Crippen LogP contribution in [0, 0.1) is 17.8 Å². The molecule has 33 heavy (non-hydrogen) atoms. The van der Waals surface area contributed by atoms with E-state index in [-0.39, 0.29) is 11.7 Å². The fraction of sp³-hybridized carbons (Fsp3) is 0.581. The largest absolute Gasteiger partial charge is 0.295 e. The maximum atomic E-state index is 13.7. The second-order valence-electron chi connectivity index (χ2n) is 11.0. The summed E-state index contributed by atoms with van der Waals surface area (Å²) in [6, 6.07) is 18.1. The van der Waals surface area contributed by atoms with Crippen LogP contribution in [0.5, 0.6) is 0 Å². The molecule has 0 amide bonds. The Morgan fingerprint density at radius 3 is 1.79 bits per heavy atom. The second kappa shape index (κ2) is 13.1. The number of hydrogen-bond acceptors (Lipinski definition) is 1. The van der Waals surface area contributed by atoms with Crippen LogP contribution >= 0.6 is 0 Å². The Kier molecular flexibility index (Phi) is 10.8. The van der Waals surface area contributed by atoms with Crippen LogP contribution in [0.4, 0.5) is 4.39 Å². The van der Waals surface area contributed by atoms with Gasteiger partial charge < -0.3 is 0 Å². The highest BCUT2D eigenvalue weighted by molar-refractivity contribution is 5.94. The van der Waals surface area contributed by atoms with Crippen LogP contribution in [0.15, 0.2) is 54.6 Å². The van der Waals surface area contributed by atoms with Gasteiger partial charge >= 0.3 is 0 Å². The SMILES string of the molecule is CC(=O)c1ccc(C(C)C(C)(C)F)cc1.CC1CC1.CC1CCC(Cc2ccccc2)CC1.